The van der Waals surface area contributed by atoms with Crippen molar-refractivity contribution in [2.24, 2.45) is 28.9 Å². The van der Waals surface area contributed by atoms with Gasteiger partial charge in [-0.15, -0.1) is 0 Å². The summed E-state index contributed by atoms with van der Waals surface area (Å²) >= 11 is 0. The summed E-state index contributed by atoms with van der Waals surface area (Å²) in [7, 11) is 0. The van der Waals surface area contributed by atoms with Crippen molar-refractivity contribution in [2.75, 3.05) is 6.54 Å². The molecule has 5 amide bonds. The molecule has 0 aromatic heterocycles. The van der Waals surface area contributed by atoms with E-state index in [1.165, 1.54) is 0 Å². The molecule has 0 fully saturated rings. The van der Waals surface area contributed by atoms with Crippen molar-refractivity contribution in [3.63, 3.8) is 0 Å². The third kappa shape index (κ3) is 12.7. The third-order valence-corrected chi connectivity index (χ3v) is 5.47. The summed E-state index contributed by atoms with van der Waals surface area (Å²) in [4.78, 5) is 72.3. The van der Waals surface area contributed by atoms with Crippen LogP contribution in [0.2, 0.25) is 0 Å². The summed E-state index contributed by atoms with van der Waals surface area (Å²) in [5.74, 6) is -5.65. The highest BCUT2D eigenvalue weighted by atomic mass is 16.4. The van der Waals surface area contributed by atoms with Crippen molar-refractivity contribution in [2.45, 2.75) is 83.0 Å². The lowest BCUT2D eigenvalue weighted by molar-refractivity contribution is -0.142. The molecule has 0 radical (unpaired) electrons. The second-order valence-electron chi connectivity index (χ2n) is 8.39. The predicted molar refractivity (Wildman–Crippen MR) is 126 cm³/mol. The van der Waals surface area contributed by atoms with Crippen LogP contribution in [-0.2, 0) is 28.8 Å². The first-order valence-electron chi connectivity index (χ1n) is 11.5. The van der Waals surface area contributed by atoms with E-state index >= 15 is 0 Å². The zero-order valence-corrected chi connectivity index (χ0v) is 20.2. The molecule has 0 spiro atoms. The number of carbonyl (C=O) groups excluding carboxylic acids is 5. The van der Waals surface area contributed by atoms with Gasteiger partial charge in [0.2, 0.25) is 29.5 Å². The van der Waals surface area contributed by atoms with Crippen molar-refractivity contribution in [3.05, 3.63) is 0 Å². The fourth-order valence-electron chi connectivity index (χ4n) is 3.04. The first-order valence-corrected chi connectivity index (χ1v) is 11.5. The van der Waals surface area contributed by atoms with Crippen LogP contribution >= 0.6 is 0 Å². The largest absolute Gasteiger partial charge is 0.480 e. The smallest absolute Gasteiger partial charge is 0.326 e. The molecule has 12 N–H and O–H groups in total. The first-order chi connectivity index (χ1) is 16.3. The number of carboxylic acid groups (broad SMARTS) is 1. The van der Waals surface area contributed by atoms with Crippen LogP contribution in [0.3, 0.4) is 0 Å². The van der Waals surface area contributed by atoms with Gasteiger partial charge in [-0.3, -0.25) is 24.0 Å². The average Bonchev–Trinajstić information content (AvgIpc) is 2.78. The maximum Gasteiger partial charge on any atom is 0.326 e. The molecule has 5 unspecified atom stereocenters. The summed E-state index contributed by atoms with van der Waals surface area (Å²) in [5, 5.41) is 16.4. The van der Waals surface area contributed by atoms with E-state index in [-0.39, 0.29) is 25.2 Å². The minimum atomic E-state index is -1.45. The number of hydrogen-bond acceptors (Lipinski definition) is 8. The number of rotatable bonds is 18. The van der Waals surface area contributed by atoms with Crippen molar-refractivity contribution in [1.82, 2.24) is 16.0 Å². The van der Waals surface area contributed by atoms with Crippen molar-refractivity contribution in [3.8, 4) is 0 Å². The number of primary amides is 2. The van der Waals surface area contributed by atoms with Crippen molar-refractivity contribution >= 4 is 35.5 Å². The van der Waals surface area contributed by atoms with Gasteiger partial charge in [0.25, 0.3) is 0 Å². The fourth-order valence-corrected chi connectivity index (χ4v) is 3.04. The van der Waals surface area contributed by atoms with Gasteiger partial charge >= 0.3 is 5.97 Å². The Balaban J connectivity index is 5.58. The number of nitrogens with two attached hydrogens (primary N) is 4. The highest BCUT2D eigenvalue weighted by molar-refractivity contribution is 5.96. The molecule has 0 aliphatic rings. The minimum Gasteiger partial charge on any atom is -0.480 e. The molecule has 0 saturated heterocycles. The van der Waals surface area contributed by atoms with E-state index in [2.05, 4.69) is 16.0 Å². The summed E-state index contributed by atoms with van der Waals surface area (Å²) in [6, 6.07) is -5.03. The molecular weight excluding hydrogens is 462 g/mol. The van der Waals surface area contributed by atoms with Gasteiger partial charge in [0.1, 0.15) is 18.1 Å². The normalized spacial score (nSPS) is 15.1. The van der Waals surface area contributed by atoms with Gasteiger partial charge in [0.15, 0.2) is 0 Å². The summed E-state index contributed by atoms with van der Waals surface area (Å²) in [6.45, 7) is 3.92. The quantitative estimate of drug-likeness (QED) is 0.0898. The maximum atomic E-state index is 12.9. The zero-order valence-electron chi connectivity index (χ0n) is 20.2. The second-order valence-corrected chi connectivity index (χ2v) is 8.39. The van der Waals surface area contributed by atoms with Crippen LogP contribution in [0, 0.1) is 5.92 Å². The molecule has 0 aromatic rings. The molecule has 0 aliphatic carbocycles. The molecule has 0 aliphatic heterocycles. The molecule has 14 nitrogen and oxygen atoms in total. The van der Waals surface area contributed by atoms with E-state index < -0.39 is 66.1 Å². The molecule has 0 aromatic carbocycles. The molecule has 0 heterocycles. The highest BCUT2D eigenvalue weighted by Gasteiger charge is 2.31. The van der Waals surface area contributed by atoms with E-state index in [0.29, 0.717) is 25.8 Å². The lowest BCUT2D eigenvalue weighted by atomic mass is 9.99. The van der Waals surface area contributed by atoms with E-state index in [1.807, 2.05) is 6.92 Å². The monoisotopic (exact) mass is 501 g/mol. The molecule has 200 valence electrons. The predicted octanol–water partition coefficient (Wildman–Crippen LogP) is -2.83. The zero-order chi connectivity index (χ0) is 27.1. The van der Waals surface area contributed by atoms with Crippen LogP contribution in [0.5, 0.6) is 0 Å². The van der Waals surface area contributed by atoms with Crippen LogP contribution < -0.4 is 38.9 Å². The second kappa shape index (κ2) is 16.4. The Hall–Kier alpha value is -3.26. The van der Waals surface area contributed by atoms with E-state index in [4.69, 9.17) is 22.9 Å². The van der Waals surface area contributed by atoms with E-state index in [9.17, 15) is 33.9 Å². The Labute approximate surface area is 204 Å². The number of aliphatic carboxylic acids is 1. The number of nitrogens with one attached hydrogen (secondary N) is 3. The average molecular weight is 502 g/mol. The Morgan fingerprint density at radius 1 is 0.800 bits per heavy atom. The molecule has 0 saturated carbocycles. The summed E-state index contributed by atoms with van der Waals surface area (Å²) in [5.41, 5.74) is 21.6. The van der Waals surface area contributed by atoms with Crippen LogP contribution in [0.1, 0.15) is 58.8 Å². The van der Waals surface area contributed by atoms with Gasteiger partial charge in [-0.1, -0.05) is 20.3 Å². The Morgan fingerprint density at radius 2 is 1.34 bits per heavy atom. The SMILES string of the molecule is CCC(C)C(N)C(=O)NC(CC(N)=O)C(=O)NC(CCC(N)=O)C(=O)NC(CCCCN)C(=O)O. The lowest BCUT2D eigenvalue weighted by Gasteiger charge is -2.25. The minimum absolute atomic E-state index is 0.0998. The van der Waals surface area contributed by atoms with Gasteiger partial charge in [0, 0.05) is 6.42 Å². The van der Waals surface area contributed by atoms with E-state index in [1.54, 1.807) is 6.92 Å². The summed E-state index contributed by atoms with van der Waals surface area (Å²) in [6.07, 6.45) is 0.561. The van der Waals surface area contributed by atoms with Gasteiger partial charge in [-0.2, -0.15) is 0 Å². The first kappa shape index (κ1) is 31.7. The standard InChI is InChI=1S/C21H39N7O7/c1-3-11(2)17(25)20(33)28-14(10-16(24)30)19(32)26-12(7-8-15(23)29)18(31)27-13(21(34)35)6-4-5-9-22/h11-14,17H,3-10,22,25H2,1-2H3,(H2,23,29)(H2,24,30)(H,26,32)(H,27,31)(H,28,33)(H,34,35). The molecule has 35 heavy (non-hydrogen) atoms. The summed E-state index contributed by atoms with van der Waals surface area (Å²) < 4.78 is 0. The molecule has 0 bridgehead atoms. The number of carbonyl (C=O) groups is 6. The Kier molecular flexibility index (Phi) is 14.9. The van der Waals surface area contributed by atoms with E-state index in [0.717, 1.165) is 0 Å². The number of hydrogen-bond donors (Lipinski definition) is 8. The Morgan fingerprint density at radius 3 is 1.83 bits per heavy atom. The van der Waals surface area contributed by atoms with Gasteiger partial charge in [-0.25, -0.2) is 4.79 Å². The highest BCUT2D eigenvalue weighted by Crippen LogP contribution is 2.08. The van der Waals surface area contributed by atoms with Crippen LogP contribution in [0.15, 0.2) is 0 Å². The molecule has 5 atom stereocenters. The fraction of sp³-hybridized carbons (Fsp3) is 0.714. The van der Waals surface area contributed by atoms with Gasteiger partial charge in [-0.05, 0) is 38.1 Å². The number of unbranched alkanes of at least 4 members (excludes halogenated alkanes) is 1. The number of amides is 5. The maximum absolute atomic E-state index is 12.9. The molecular formula is C21H39N7O7. The third-order valence-electron chi connectivity index (χ3n) is 5.47. The lowest BCUT2D eigenvalue weighted by Crippen LogP contribution is -2.58. The molecule has 14 heteroatoms. The van der Waals surface area contributed by atoms with Gasteiger partial charge in [0.05, 0.1) is 12.5 Å². The topological polar surface area (TPSA) is 263 Å². The Bertz CT molecular complexity index is 762. The van der Waals surface area contributed by atoms with Crippen LogP contribution in [-0.4, -0.2) is 71.3 Å². The van der Waals surface area contributed by atoms with Crippen LogP contribution in [0.25, 0.3) is 0 Å². The van der Waals surface area contributed by atoms with Gasteiger partial charge < -0.3 is 44.0 Å². The molecule has 0 rings (SSSR count). The number of carboxylic acids is 1. The van der Waals surface area contributed by atoms with Crippen molar-refractivity contribution < 1.29 is 33.9 Å². The van der Waals surface area contributed by atoms with Crippen molar-refractivity contribution in [1.29, 1.82) is 0 Å². The van der Waals surface area contributed by atoms with Crippen LogP contribution in [0.4, 0.5) is 0 Å².